The number of aromatic nitrogens is 3. The molecule has 0 fully saturated rings. The molecule has 0 aliphatic heterocycles. The lowest BCUT2D eigenvalue weighted by Gasteiger charge is -2.30. The molecule has 0 aliphatic rings. The third-order valence-electron chi connectivity index (χ3n) is 3.69. The van der Waals surface area contributed by atoms with Gasteiger partial charge in [-0.3, -0.25) is 9.38 Å². The van der Waals surface area contributed by atoms with Crippen molar-refractivity contribution < 1.29 is 5.11 Å². The van der Waals surface area contributed by atoms with Gasteiger partial charge in [-0.15, -0.1) is 0 Å². The van der Waals surface area contributed by atoms with Crippen molar-refractivity contribution in [1.29, 1.82) is 0 Å². The van der Waals surface area contributed by atoms with Gasteiger partial charge < -0.3 is 10.4 Å². The third-order valence-corrected chi connectivity index (χ3v) is 3.69. The van der Waals surface area contributed by atoms with Crippen molar-refractivity contribution in [1.82, 2.24) is 19.7 Å². The van der Waals surface area contributed by atoms with Crippen molar-refractivity contribution in [2.24, 2.45) is 0 Å². The third kappa shape index (κ3) is 2.37. The van der Waals surface area contributed by atoms with Gasteiger partial charge in [0.2, 0.25) is 0 Å². The van der Waals surface area contributed by atoms with Gasteiger partial charge in [-0.25, -0.2) is 4.98 Å². The molecule has 5 heteroatoms. The average molecular weight is 248 g/mol. The smallest absolute Gasteiger partial charge is 0.155 e. The number of imidazole rings is 1. The zero-order valence-corrected chi connectivity index (χ0v) is 10.9. The first kappa shape index (κ1) is 13.0. The molecule has 2 aromatic rings. The van der Waals surface area contributed by atoms with Gasteiger partial charge in [0.25, 0.3) is 0 Å². The Kier molecular flexibility index (Phi) is 3.93. The summed E-state index contributed by atoms with van der Waals surface area (Å²) >= 11 is 0. The summed E-state index contributed by atoms with van der Waals surface area (Å²) in [7, 11) is 0. The molecule has 0 unspecified atom stereocenters. The van der Waals surface area contributed by atoms with Crippen LogP contribution >= 0.6 is 0 Å². The minimum atomic E-state index is -0.197. The Morgan fingerprint density at radius 2 is 2.11 bits per heavy atom. The van der Waals surface area contributed by atoms with Crippen molar-refractivity contribution in [2.75, 3.05) is 6.61 Å². The SMILES string of the molecule is CCC(CC)(CO)NCc1cnc2cnccn12. The van der Waals surface area contributed by atoms with Crippen LogP contribution in [0.25, 0.3) is 5.65 Å². The van der Waals surface area contributed by atoms with Crippen LogP contribution in [-0.2, 0) is 6.54 Å². The van der Waals surface area contributed by atoms with E-state index in [0.717, 1.165) is 24.2 Å². The molecular weight excluding hydrogens is 228 g/mol. The highest BCUT2D eigenvalue weighted by Crippen LogP contribution is 2.15. The quantitative estimate of drug-likeness (QED) is 0.810. The predicted octanol–water partition coefficient (Wildman–Crippen LogP) is 1.37. The summed E-state index contributed by atoms with van der Waals surface area (Å²) in [5.41, 5.74) is 1.72. The fraction of sp³-hybridized carbons (Fsp3) is 0.538. The lowest BCUT2D eigenvalue weighted by atomic mass is 9.94. The molecule has 0 saturated heterocycles. The first-order chi connectivity index (χ1) is 8.74. The largest absolute Gasteiger partial charge is 0.394 e. The molecule has 0 atom stereocenters. The second-order valence-electron chi connectivity index (χ2n) is 4.55. The van der Waals surface area contributed by atoms with Crippen molar-refractivity contribution in [3.8, 4) is 0 Å². The molecule has 0 saturated carbocycles. The molecule has 2 N–H and O–H groups in total. The monoisotopic (exact) mass is 248 g/mol. The van der Waals surface area contributed by atoms with Crippen LogP contribution in [0, 0.1) is 0 Å². The zero-order chi connectivity index (χ0) is 13.0. The van der Waals surface area contributed by atoms with Crippen LogP contribution in [0.5, 0.6) is 0 Å². The molecule has 5 nitrogen and oxygen atoms in total. The number of nitrogens with zero attached hydrogens (tertiary/aromatic N) is 3. The molecular formula is C13H20N4O. The maximum atomic E-state index is 9.52. The number of aliphatic hydroxyl groups excluding tert-OH is 1. The topological polar surface area (TPSA) is 62.5 Å². The van der Waals surface area contributed by atoms with E-state index in [1.54, 1.807) is 12.4 Å². The van der Waals surface area contributed by atoms with E-state index in [1.165, 1.54) is 0 Å². The van der Waals surface area contributed by atoms with E-state index >= 15 is 0 Å². The first-order valence-electron chi connectivity index (χ1n) is 6.36. The molecule has 0 aromatic carbocycles. The number of aliphatic hydroxyl groups is 1. The lowest BCUT2D eigenvalue weighted by Crippen LogP contribution is -2.47. The summed E-state index contributed by atoms with van der Waals surface area (Å²) in [5.74, 6) is 0. The van der Waals surface area contributed by atoms with Crippen molar-refractivity contribution in [3.05, 3.63) is 30.5 Å². The molecule has 0 bridgehead atoms. The normalized spacial score (nSPS) is 12.2. The Morgan fingerprint density at radius 3 is 2.78 bits per heavy atom. The molecule has 0 amide bonds. The minimum Gasteiger partial charge on any atom is -0.394 e. The maximum absolute atomic E-state index is 9.52. The number of hydrogen-bond donors (Lipinski definition) is 2. The molecule has 0 radical (unpaired) electrons. The first-order valence-corrected chi connectivity index (χ1v) is 6.36. The Morgan fingerprint density at radius 1 is 1.33 bits per heavy atom. The van der Waals surface area contributed by atoms with Crippen LogP contribution in [0.15, 0.2) is 24.8 Å². The Labute approximate surface area is 107 Å². The molecule has 2 aromatic heterocycles. The van der Waals surface area contributed by atoms with Crippen molar-refractivity contribution >= 4 is 5.65 Å². The van der Waals surface area contributed by atoms with Gasteiger partial charge in [-0.2, -0.15) is 0 Å². The Bertz CT molecular complexity index is 496. The summed E-state index contributed by atoms with van der Waals surface area (Å²) in [6.07, 6.45) is 9.03. The van der Waals surface area contributed by atoms with Crippen LogP contribution in [0.4, 0.5) is 0 Å². The number of fused-ring (bicyclic) bond motifs is 1. The van der Waals surface area contributed by atoms with Gasteiger partial charge >= 0.3 is 0 Å². The highest BCUT2D eigenvalue weighted by molar-refractivity contribution is 5.36. The van der Waals surface area contributed by atoms with Crippen LogP contribution in [0.2, 0.25) is 0 Å². The fourth-order valence-corrected chi connectivity index (χ4v) is 2.08. The van der Waals surface area contributed by atoms with Crippen molar-refractivity contribution in [2.45, 2.75) is 38.8 Å². The van der Waals surface area contributed by atoms with Crippen LogP contribution in [0.1, 0.15) is 32.4 Å². The van der Waals surface area contributed by atoms with E-state index in [2.05, 4.69) is 29.1 Å². The van der Waals surface area contributed by atoms with Gasteiger partial charge in [0.05, 0.1) is 24.7 Å². The Balaban J connectivity index is 2.14. The summed E-state index contributed by atoms with van der Waals surface area (Å²) in [4.78, 5) is 8.33. The number of rotatable bonds is 6. The minimum absolute atomic E-state index is 0.151. The summed E-state index contributed by atoms with van der Waals surface area (Å²) < 4.78 is 2.01. The molecule has 2 heterocycles. The second kappa shape index (κ2) is 5.46. The number of hydrogen-bond acceptors (Lipinski definition) is 4. The summed E-state index contributed by atoms with van der Waals surface area (Å²) in [5, 5.41) is 13.0. The second-order valence-corrected chi connectivity index (χ2v) is 4.55. The van der Waals surface area contributed by atoms with Gasteiger partial charge in [0.15, 0.2) is 5.65 Å². The fourth-order valence-electron chi connectivity index (χ4n) is 2.08. The Hall–Kier alpha value is -1.46. The standard InChI is InChI=1S/C13H20N4O/c1-3-13(4-2,10-18)16-8-11-7-15-12-9-14-5-6-17(11)12/h5-7,9,16,18H,3-4,8,10H2,1-2H3. The summed E-state index contributed by atoms with van der Waals surface area (Å²) in [6, 6.07) is 0. The zero-order valence-electron chi connectivity index (χ0n) is 10.9. The molecule has 18 heavy (non-hydrogen) atoms. The lowest BCUT2D eigenvalue weighted by molar-refractivity contribution is 0.149. The van der Waals surface area contributed by atoms with E-state index in [9.17, 15) is 5.11 Å². The highest BCUT2D eigenvalue weighted by atomic mass is 16.3. The van der Waals surface area contributed by atoms with E-state index in [1.807, 2.05) is 16.8 Å². The van der Waals surface area contributed by atoms with E-state index in [-0.39, 0.29) is 12.1 Å². The maximum Gasteiger partial charge on any atom is 0.155 e. The van der Waals surface area contributed by atoms with E-state index < -0.39 is 0 Å². The predicted molar refractivity (Wildman–Crippen MR) is 70.2 cm³/mol. The molecule has 98 valence electrons. The molecule has 0 aliphatic carbocycles. The van der Waals surface area contributed by atoms with Crippen LogP contribution < -0.4 is 5.32 Å². The summed E-state index contributed by atoms with van der Waals surface area (Å²) in [6.45, 7) is 5.02. The highest BCUT2D eigenvalue weighted by Gasteiger charge is 2.24. The van der Waals surface area contributed by atoms with Gasteiger partial charge in [0.1, 0.15) is 0 Å². The van der Waals surface area contributed by atoms with E-state index in [4.69, 9.17) is 0 Å². The molecule has 0 spiro atoms. The molecule has 2 rings (SSSR count). The van der Waals surface area contributed by atoms with Gasteiger partial charge in [-0.1, -0.05) is 13.8 Å². The van der Waals surface area contributed by atoms with Gasteiger partial charge in [-0.05, 0) is 12.8 Å². The van der Waals surface area contributed by atoms with Crippen molar-refractivity contribution in [3.63, 3.8) is 0 Å². The van der Waals surface area contributed by atoms with E-state index in [0.29, 0.717) is 6.54 Å². The van der Waals surface area contributed by atoms with Crippen LogP contribution in [-0.4, -0.2) is 31.6 Å². The number of nitrogens with one attached hydrogen (secondary N) is 1. The van der Waals surface area contributed by atoms with Gasteiger partial charge in [0, 0.05) is 24.5 Å². The van der Waals surface area contributed by atoms with Crippen LogP contribution in [0.3, 0.4) is 0 Å². The average Bonchev–Trinajstić information content (AvgIpc) is 2.85.